The summed E-state index contributed by atoms with van der Waals surface area (Å²) in [5.41, 5.74) is 10.7. The molecule has 9 atom stereocenters. The van der Waals surface area contributed by atoms with E-state index in [0.29, 0.717) is 132 Å². The molecule has 41 heteroatoms. The van der Waals surface area contributed by atoms with Gasteiger partial charge in [0.05, 0.1) is 75.1 Å². The monoisotopic (exact) mass is 1810 g/mol. The van der Waals surface area contributed by atoms with E-state index in [4.69, 9.17) is 55.5 Å². The van der Waals surface area contributed by atoms with Crippen molar-refractivity contribution < 1.29 is 125 Å². The maximum atomic E-state index is 14.6. The normalized spacial score (nSPS) is 17.6. The molecule has 0 aliphatic carbocycles. The van der Waals surface area contributed by atoms with Crippen molar-refractivity contribution in [1.82, 2.24) is 55.9 Å². The first-order valence-corrected chi connectivity index (χ1v) is 42.0. The topological polar surface area (TPSA) is 521 Å². The van der Waals surface area contributed by atoms with Gasteiger partial charge in [-0.2, -0.15) is 0 Å². The van der Waals surface area contributed by atoms with Gasteiger partial charge < -0.3 is 105 Å². The van der Waals surface area contributed by atoms with Crippen LogP contribution in [0.2, 0.25) is 5.02 Å². The molecular weight excluding hydrogens is 1710 g/mol. The number of hydrogen-bond donors (Lipinski definition) is 12. The van der Waals surface area contributed by atoms with E-state index in [1.807, 2.05) is 36.6 Å². The maximum Gasteiger partial charge on any atom is 0.410 e. The van der Waals surface area contributed by atoms with Crippen LogP contribution in [0, 0.1) is 18.7 Å². The van der Waals surface area contributed by atoms with E-state index >= 15 is 0 Å². The lowest BCUT2D eigenvalue weighted by Crippen LogP contribution is -2.61. The molecule has 38 nitrogen and oxygen atoms in total. The number of aromatic nitrogens is 4. The number of likely N-dealkylation sites (N-methyl/N-ethyl adjacent to an activating group) is 1. The fraction of sp³-hybridized carbons (Fsp3) is 0.391. The first-order chi connectivity index (χ1) is 61.2. The van der Waals surface area contributed by atoms with Crippen molar-refractivity contribution in [1.29, 1.82) is 0 Å². The number of nitrogens with zero attached hydrogens (tertiary/aromatic N) is 8. The number of amides is 9. The lowest BCUT2D eigenvalue weighted by Gasteiger charge is -2.42. The molecule has 3 aliphatic rings. The first kappa shape index (κ1) is 95.7. The highest BCUT2D eigenvalue weighted by molar-refractivity contribution is 7.22. The minimum absolute atomic E-state index is 0.00228. The lowest BCUT2D eigenvalue weighted by atomic mass is 9.96. The third-order valence-electron chi connectivity index (χ3n) is 21.7. The molecule has 2 saturated heterocycles. The van der Waals surface area contributed by atoms with Gasteiger partial charge in [0.15, 0.2) is 11.9 Å². The molecule has 0 spiro atoms. The van der Waals surface area contributed by atoms with E-state index in [0.717, 1.165) is 22.0 Å². The number of halogens is 2. The van der Waals surface area contributed by atoms with E-state index in [2.05, 4.69) is 41.1 Å². The molecule has 128 heavy (non-hydrogen) atoms. The summed E-state index contributed by atoms with van der Waals surface area (Å²) in [5, 5.41) is 74.8. The molecule has 3 aromatic heterocycles. The highest BCUT2D eigenvalue weighted by atomic mass is 35.5. The number of carboxylic acid groups (broad SMARTS) is 3. The van der Waals surface area contributed by atoms with Crippen LogP contribution < -0.4 is 51.3 Å². The fourth-order valence-corrected chi connectivity index (χ4v) is 15.9. The molecule has 3 unspecified atom stereocenters. The molecule has 0 bridgehead atoms. The van der Waals surface area contributed by atoms with E-state index < -0.39 is 139 Å². The van der Waals surface area contributed by atoms with Gasteiger partial charge in [-0.3, -0.25) is 38.6 Å². The third-order valence-corrected chi connectivity index (χ3v) is 23.3. The van der Waals surface area contributed by atoms with Crippen LogP contribution in [0.25, 0.3) is 43.2 Å². The number of quaternary nitrogens is 1. The van der Waals surface area contributed by atoms with Crippen LogP contribution in [0.15, 0.2) is 134 Å². The molecule has 6 heterocycles. The Morgan fingerprint density at radius 1 is 0.766 bits per heavy atom. The van der Waals surface area contributed by atoms with E-state index in [1.165, 1.54) is 36.8 Å². The summed E-state index contributed by atoms with van der Waals surface area (Å²) in [6, 6.07) is 25.0. The molecule has 13 N–H and O–H groups in total. The van der Waals surface area contributed by atoms with Crippen molar-refractivity contribution in [2.24, 2.45) is 11.7 Å². The zero-order valence-corrected chi connectivity index (χ0v) is 72.1. The van der Waals surface area contributed by atoms with E-state index in [1.54, 1.807) is 107 Å². The number of aliphatic hydroxyl groups excluding tert-OH is 3. The maximum absolute atomic E-state index is 14.6. The number of anilines is 1. The predicted octanol–water partition coefficient (Wildman–Crippen LogP) is 5.35. The molecule has 3 aliphatic heterocycles. The Morgan fingerprint density at radius 2 is 1.48 bits per heavy atom. The Morgan fingerprint density at radius 3 is 2.18 bits per heavy atom. The van der Waals surface area contributed by atoms with Gasteiger partial charge in [-0.1, -0.05) is 80.0 Å². The number of urea groups is 1. The molecule has 11 rings (SSSR count). The number of rotatable bonds is 42. The molecule has 5 aromatic carbocycles. The number of imide groups is 1. The summed E-state index contributed by atoms with van der Waals surface area (Å²) in [4.78, 5) is 166. The number of hydrogen-bond acceptors (Lipinski definition) is 27. The number of aliphatic hydroxyl groups is 3. The number of benzene rings is 5. The molecule has 680 valence electrons. The van der Waals surface area contributed by atoms with Gasteiger partial charge >= 0.3 is 30.0 Å². The van der Waals surface area contributed by atoms with Crippen molar-refractivity contribution in [3.05, 3.63) is 173 Å². The van der Waals surface area contributed by atoms with Crippen LogP contribution in [0.1, 0.15) is 67.5 Å². The summed E-state index contributed by atoms with van der Waals surface area (Å²) >= 11 is 8.57. The molecule has 0 radical (unpaired) electrons. The minimum Gasteiger partial charge on any atom is -0.496 e. The number of fused-ring (bicyclic) bond motifs is 1. The highest BCUT2D eigenvalue weighted by Gasteiger charge is 2.49. The van der Waals surface area contributed by atoms with Crippen molar-refractivity contribution >= 4 is 104 Å². The van der Waals surface area contributed by atoms with Crippen LogP contribution in [0.4, 0.5) is 19.7 Å². The number of thiophene rings is 1. The first-order valence-electron chi connectivity index (χ1n) is 40.8. The van der Waals surface area contributed by atoms with Gasteiger partial charge in [0.25, 0.3) is 11.8 Å². The standard InChI is InChI=1S/C87H98ClFN14O24S/c1-47(2)71(99-64(104)28-37-122-38-34-102-65(105)25-26-66(102)106)79(112)97-58(14-11-29-92-86(90)119)78(111)96-54-22-19-51(52(40-54)43-100(4)67(107)42-59(82(113)114)98-87(120)127-85-74(110)72(108)73(109)75(126-85)84(117)118)44-103(5)35-31-101(32-36-103)33-39-123-62-24-23-56(48(3)70(62)88)68-69-80(93-46-94-81(69)128-76(68)49-17-20-53(89)21-18-49)125-63(83(115)116)41-50-12-7-9-15-60(50)124-45-55-27-30-91-77(95-55)57-13-8-10-16-61(57)121-6/h7-10,12-13,15-27,30,40,46-47,58-59,63,71-75,85,108-110H,11,14,28-29,31-39,41-45H2,1-6H3,(H9-,90,92,96,97,98,99,104,111,112,113,114,115,116,117,118,119,120)/p+1/t58?,59-,63+,71?,72-,73-,74+,75-,85?/m0/s1. The molecule has 2 fully saturated rings. The summed E-state index contributed by atoms with van der Waals surface area (Å²) in [6.07, 6.45) is -10.1. The van der Waals surface area contributed by atoms with Crippen molar-refractivity contribution in [2.45, 2.75) is 128 Å². The predicted molar refractivity (Wildman–Crippen MR) is 458 cm³/mol. The number of carbonyl (C=O) groups is 11. The smallest absolute Gasteiger partial charge is 0.410 e. The number of nitrogens with two attached hydrogens (primary N) is 1. The Labute approximate surface area is 742 Å². The van der Waals surface area contributed by atoms with Gasteiger partial charge in [0.2, 0.25) is 41.9 Å². The summed E-state index contributed by atoms with van der Waals surface area (Å²) in [7, 11) is 4.94. The van der Waals surface area contributed by atoms with Crippen LogP contribution >= 0.6 is 22.9 Å². The fourth-order valence-electron chi connectivity index (χ4n) is 14.5. The van der Waals surface area contributed by atoms with Gasteiger partial charge in [-0.05, 0) is 108 Å². The quantitative estimate of drug-likeness (QED) is 0.0130. The second kappa shape index (κ2) is 44.0. The van der Waals surface area contributed by atoms with Crippen LogP contribution in [-0.2, 0) is 83.5 Å². The summed E-state index contributed by atoms with van der Waals surface area (Å²) < 4.78 is 55.3. The number of carboxylic acids is 3. The number of para-hydroxylation sites is 2. The zero-order valence-electron chi connectivity index (χ0n) is 70.6. The van der Waals surface area contributed by atoms with Crippen LogP contribution in [0.5, 0.6) is 23.1 Å². The van der Waals surface area contributed by atoms with Gasteiger partial charge in [-0.15, -0.1) is 11.3 Å². The average molecular weight is 1810 g/mol. The summed E-state index contributed by atoms with van der Waals surface area (Å²) in [5.74, 6) is -8.02. The zero-order chi connectivity index (χ0) is 92.2. The average Bonchev–Trinajstić information content (AvgIpc) is 1.59. The van der Waals surface area contributed by atoms with Crippen molar-refractivity contribution in [2.75, 3.05) is 92.2 Å². The number of carbonyl (C=O) groups excluding carboxylic acids is 8. The molecule has 0 saturated carbocycles. The van der Waals surface area contributed by atoms with Crippen LogP contribution in [0.3, 0.4) is 0 Å². The number of ether oxygens (including phenoxy) is 7. The number of nitrogens with one attached hydrogen (secondary N) is 5. The Kier molecular flexibility index (Phi) is 32.9. The molecule has 8 aromatic rings. The van der Waals surface area contributed by atoms with Crippen molar-refractivity contribution in [3.63, 3.8) is 0 Å². The Balaban J connectivity index is 0.777. The second-order valence-corrected chi connectivity index (χ2v) is 32.5. The van der Waals surface area contributed by atoms with Crippen molar-refractivity contribution in [3.8, 4) is 56.1 Å². The van der Waals surface area contributed by atoms with Gasteiger partial charge in [0.1, 0.15) is 90.4 Å². The largest absolute Gasteiger partial charge is 0.496 e. The third kappa shape index (κ3) is 24.8. The summed E-state index contributed by atoms with van der Waals surface area (Å²) in [6.45, 7) is 7.87. The SMILES string of the molecule is COc1ccccc1-c1nccc(COc2ccccc2C[C@@H](Oc2ncnc3sc(-c4ccc(F)cc4)c(-c4ccc(OCCN5CC[N+](C)(Cc6ccc(NC(=O)C(CCCNC(N)=O)NC(=O)C(NC(=O)CCOCCN7C(=O)C=CC7=O)C(C)C)cc6CN(C)C(=O)C[C@H](NC(=O)OC6O[C@H](C(=O)O)[C@@H](O)[C@H](O)[C@H]6O)C(=O)O)CC5)c(Cl)c4C)c23)C(=O)O)n1. The van der Waals surface area contributed by atoms with E-state index in [9.17, 15) is 87.8 Å². The highest BCUT2D eigenvalue weighted by Crippen LogP contribution is 2.50. The Hall–Kier alpha value is -12.9. The van der Waals surface area contributed by atoms with Gasteiger partial charge in [0, 0.05) is 92.7 Å². The number of methoxy groups -OCH3 is 1. The molecule has 9 amide bonds. The number of aliphatic carboxylic acids is 3. The number of primary amides is 1. The number of piperazine rings is 1. The van der Waals surface area contributed by atoms with E-state index in [-0.39, 0.29) is 88.3 Å². The Bertz CT molecular complexity index is 5410. The second-order valence-electron chi connectivity index (χ2n) is 31.2. The van der Waals surface area contributed by atoms with Crippen LogP contribution in [-0.4, -0.2) is 277 Å². The molecular formula is C87H99ClFN14O24S+. The lowest BCUT2D eigenvalue weighted by molar-refractivity contribution is -0.926. The number of alkyl carbamates (subject to hydrolysis) is 1. The van der Waals surface area contributed by atoms with Gasteiger partial charge in [-0.25, -0.2) is 48.3 Å². The minimum atomic E-state index is -2.21.